The first-order valence-electron chi connectivity index (χ1n) is 11.6. The molecule has 32 heavy (non-hydrogen) atoms. The van der Waals surface area contributed by atoms with Crippen molar-refractivity contribution >= 4 is 11.8 Å². The number of carbonyl (C=O) groups excluding carboxylic acids is 2. The minimum atomic E-state index is 0.0833. The van der Waals surface area contributed by atoms with Gasteiger partial charge in [-0.05, 0) is 61.6 Å². The van der Waals surface area contributed by atoms with E-state index in [0.29, 0.717) is 25.1 Å². The van der Waals surface area contributed by atoms with Gasteiger partial charge in [-0.3, -0.25) is 9.59 Å². The third kappa shape index (κ3) is 5.61. The van der Waals surface area contributed by atoms with Crippen LogP contribution in [0, 0.1) is 5.92 Å². The summed E-state index contributed by atoms with van der Waals surface area (Å²) in [4.78, 5) is 29.3. The Bertz CT molecular complexity index is 939. The Morgan fingerprint density at radius 3 is 2.50 bits per heavy atom. The molecule has 6 heteroatoms. The molecule has 0 saturated carbocycles. The van der Waals surface area contributed by atoms with Crippen molar-refractivity contribution in [2.24, 2.45) is 5.92 Å². The summed E-state index contributed by atoms with van der Waals surface area (Å²) in [6.45, 7) is 3.72. The molecule has 0 aliphatic carbocycles. The Hall–Kier alpha value is -3.02. The van der Waals surface area contributed by atoms with Gasteiger partial charge >= 0.3 is 0 Å². The Balaban J connectivity index is 1.30. The van der Waals surface area contributed by atoms with Crippen LogP contribution in [0.1, 0.15) is 41.6 Å². The highest BCUT2D eigenvalue weighted by molar-refractivity contribution is 5.94. The van der Waals surface area contributed by atoms with Crippen molar-refractivity contribution in [3.63, 3.8) is 0 Å². The van der Waals surface area contributed by atoms with E-state index < -0.39 is 0 Å². The third-order valence-corrected chi connectivity index (χ3v) is 6.32. The van der Waals surface area contributed by atoms with Crippen molar-refractivity contribution in [2.75, 3.05) is 39.9 Å². The van der Waals surface area contributed by atoms with E-state index in [1.165, 1.54) is 0 Å². The number of nitrogens with zero attached hydrogens (tertiary/aromatic N) is 2. The molecule has 2 aliphatic heterocycles. The molecule has 4 rings (SSSR count). The number of rotatable bonds is 7. The van der Waals surface area contributed by atoms with Crippen LogP contribution in [0.2, 0.25) is 0 Å². The van der Waals surface area contributed by atoms with Gasteiger partial charge in [0.15, 0.2) is 0 Å². The van der Waals surface area contributed by atoms with E-state index in [0.717, 1.165) is 62.4 Å². The molecular formula is C26H32N2O4. The van der Waals surface area contributed by atoms with Crippen molar-refractivity contribution < 1.29 is 19.1 Å². The number of likely N-dealkylation sites (tertiary alicyclic amines) is 2. The molecule has 0 unspecified atom stereocenters. The van der Waals surface area contributed by atoms with Crippen LogP contribution in [0.25, 0.3) is 0 Å². The van der Waals surface area contributed by atoms with E-state index >= 15 is 0 Å². The molecular weight excluding hydrogens is 404 g/mol. The van der Waals surface area contributed by atoms with Crippen LogP contribution >= 0.6 is 0 Å². The van der Waals surface area contributed by atoms with Crippen LogP contribution in [0.5, 0.6) is 11.5 Å². The van der Waals surface area contributed by atoms with E-state index in [1.807, 2.05) is 58.3 Å². The number of methoxy groups -OCH3 is 1. The summed E-state index contributed by atoms with van der Waals surface area (Å²) in [6, 6.07) is 15.1. The topological polar surface area (TPSA) is 59.1 Å². The molecule has 6 nitrogen and oxygen atoms in total. The van der Waals surface area contributed by atoms with Gasteiger partial charge in [0.05, 0.1) is 20.1 Å². The second-order valence-electron chi connectivity index (χ2n) is 8.71. The monoisotopic (exact) mass is 436 g/mol. The zero-order valence-corrected chi connectivity index (χ0v) is 18.8. The molecule has 0 radical (unpaired) electrons. The van der Waals surface area contributed by atoms with Crippen molar-refractivity contribution in [3.05, 3.63) is 59.7 Å². The maximum Gasteiger partial charge on any atom is 0.253 e. The zero-order chi connectivity index (χ0) is 22.3. The molecule has 0 bridgehead atoms. The molecule has 0 aromatic heterocycles. The highest BCUT2D eigenvalue weighted by Gasteiger charge is 2.25. The number of hydrogen-bond acceptors (Lipinski definition) is 4. The predicted molar refractivity (Wildman–Crippen MR) is 123 cm³/mol. The van der Waals surface area contributed by atoms with E-state index in [-0.39, 0.29) is 17.7 Å². The number of ether oxygens (including phenoxy) is 2. The van der Waals surface area contributed by atoms with Crippen molar-refractivity contribution in [2.45, 2.75) is 32.1 Å². The van der Waals surface area contributed by atoms with Gasteiger partial charge in [0.25, 0.3) is 5.91 Å². The fraction of sp³-hybridized carbons (Fsp3) is 0.462. The molecule has 0 N–H and O–H groups in total. The molecule has 2 aliphatic rings. The number of benzene rings is 2. The van der Waals surface area contributed by atoms with Gasteiger partial charge in [0, 0.05) is 37.7 Å². The quantitative estimate of drug-likeness (QED) is 0.663. The van der Waals surface area contributed by atoms with Gasteiger partial charge in [-0.2, -0.15) is 0 Å². The first kappa shape index (κ1) is 22.2. The summed E-state index contributed by atoms with van der Waals surface area (Å²) >= 11 is 0. The molecule has 2 fully saturated rings. The van der Waals surface area contributed by atoms with Crippen LogP contribution in [0.15, 0.2) is 48.5 Å². The number of piperidine rings is 1. The second kappa shape index (κ2) is 10.5. The van der Waals surface area contributed by atoms with Crippen molar-refractivity contribution in [1.82, 2.24) is 9.80 Å². The summed E-state index contributed by atoms with van der Waals surface area (Å²) in [5, 5.41) is 0. The van der Waals surface area contributed by atoms with Crippen LogP contribution in [0.4, 0.5) is 0 Å². The minimum Gasteiger partial charge on any atom is -0.497 e. The third-order valence-electron chi connectivity index (χ3n) is 6.32. The first-order chi connectivity index (χ1) is 15.6. The highest BCUT2D eigenvalue weighted by atomic mass is 16.5. The lowest BCUT2D eigenvalue weighted by atomic mass is 9.98. The SMILES string of the molecule is COc1cccc(CC(=O)N2CCC[C@@H](COc3cccc(C(=O)N4CCCC4)c3)C2)c1. The van der Waals surface area contributed by atoms with Crippen molar-refractivity contribution in [1.29, 1.82) is 0 Å². The zero-order valence-electron chi connectivity index (χ0n) is 18.8. The van der Waals surface area contributed by atoms with E-state index in [2.05, 4.69) is 0 Å². The van der Waals surface area contributed by atoms with Crippen LogP contribution in [-0.2, 0) is 11.2 Å². The average Bonchev–Trinajstić information content (AvgIpc) is 3.38. The van der Waals surface area contributed by atoms with Gasteiger partial charge < -0.3 is 19.3 Å². The molecule has 2 aromatic carbocycles. The fourth-order valence-electron chi connectivity index (χ4n) is 4.53. The summed E-state index contributed by atoms with van der Waals surface area (Å²) in [5.41, 5.74) is 1.65. The summed E-state index contributed by atoms with van der Waals surface area (Å²) in [6.07, 6.45) is 4.55. The Morgan fingerprint density at radius 2 is 1.69 bits per heavy atom. The molecule has 1 atom stereocenters. The lowest BCUT2D eigenvalue weighted by molar-refractivity contribution is -0.132. The average molecular weight is 437 g/mol. The normalized spacial score (nSPS) is 18.5. The fourth-order valence-corrected chi connectivity index (χ4v) is 4.53. The summed E-state index contributed by atoms with van der Waals surface area (Å²) in [5.74, 6) is 2.00. The Labute approximate surface area is 190 Å². The molecule has 170 valence electrons. The van der Waals surface area contributed by atoms with Crippen LogP contribution < -0.4 is 9.47 Å². The second-order valence-corrected chi connectivity index (χ2v) is 8.71. The van der Waals surface area contributed by atoms with Gasteiger partial charge in [-0.1, -0.05) is 18.2 Å². The van der Waals surface area contributed by atoms with E-state index in [9.17, 15) is 9.59 Å². The molecule has 2 heterocycles. The standard InChI is InChI=1S/C26H32N2O4/c1-31-23-10-4-7-20(15-23)16-25(29)28-14-6-8-21(18-28)19-32-24-11-5-9-22(17-24)26(30)27-12-2-3-13-27/h4-5,7,9-11,15,17,21H,2-3,6,8,12-14,16,18-19H2,1H3/t21-/m1/s1. The molecule has 0 spiro atoms. The smallest absolute Gasteiger partial charge is 0.253 e. The molecule has 2 saturated heterocycles. The van der Waals surface area contributed by atoms with Gasteiger partial charge in [-0.15, -0.1) is 0 Å². The lowest BCUT2D eigenvalue weighted by Crippen LogP contribution is -2.42. The minimum absolute atomic E-state index is 0.0833. The van der Waals surface area contributed by atoms with Crippen molar-refractivity contribution in [3.8, 4) is 11.5 Å². The highest BCUT2D eigenvalue weighted by Crippen LogP contribution is 2.22. The summed E-state index contributed by atoms with van der Waals surface area (Å²) in [7, 11) is 1.63. The summed E-state index contributed by atoms with van der Waals surface area (Å²) < 4.78 is 11.3. The van der Waals surface area contributed by atoms with Gasteiger partial charge in [-0.25, -0.2) is 0 Å². The van der Waals surface area contributed by atoms with Crippen LogP contribution in [-0.4, -0.2) is 61.5 Å². The van der Waals surface area contributed by atoms with E-state index in [4.69, 9.17) is 9.47 Å². The Kier molecular flexibility index (Phi) is 7.30. The maximum absolute atomic E-state index is 12.8. The number of carbonyl (C=O) groups is 2. The Morgan fingerprint density at radius 1 is 0.938 bits per heavy atom. The molecule has 2 amide bonds. The number of amides is 2. The molecule has 2 aromatic rings. The largest absolute Gasteiger partial charge is 0.497 e. The number of hydrogen-bond donors (Lipinski definition) is 0. The first-order valence-corrected chi connectivity index (χ1v) is 11.6. The van der Waals surface area contributed by atoms with Crippen LogP contribution in [0.3, 0.4) is 0 Å². The predicted octanol–water partition coefficient (Wildman–Crippen LogP) is 3.79. The van der Waals surface area contributed by atoms with Gasteiger partial charge in [0.1, 0.15) is 11.5 Å². The van der Waals surface area contributed by atoms with E-state index in [1.54, 1.807) is 7.11 Å². The maximum atomic E-state index is 12.8. The lowest BCUT2D eigenvalue weighted by Gasteiger charge is -2.32. The van der Waals surface area contributed by atoms with Gasteiger partial charge in [0.2, 0.25) is 5.91 Å².